The molecule has 7 nitrogen and oxygen atoms in total. The van der Waals surface area contributed by atoms with Crippen molar-refractivity contribution in [2.75, 3.05) is 6.54 Å². The summed E-state index contributed by atoms with van der Waals surface area (Å²) in [7, 11) is -4.80. The molecule has 3 unspecified atom stereocenters. The van der Waals surface area contributed by atoms with Crippen LogP contribution in [-0.4, -0.2) is 60.1 Å². The largest absolute Gasteiger partial charge is 0.417 e. The number of carbonyl (C=O) groups excluding carboxylic acids is 1. The Morgan fingerprint density at radius 3 is 2.24 bits per heavy atom. The second-order valence-corrected chi connectivity index (χ2v) is 13.1. The number of nitrogens with one attached hydrogen (secondary N) is 1. The lowest BCUT2D eigenvalue weighted by molar-refractivity contribution is -0.239. The number of rotatable bonds is 7. The molecular weight excluding hydrogens is 540 g/mol. The highest BCUT2D eigenvalue weighted by Gasteiger charge is 2.70. The number of aliphatic hydroxyl groups excluding tert-OH is 1. The molecule has 208 valence electrons. The standard InChI is InChI=1S/C24H25F6N3O4S/c25-23(26,27)16-9-14(13-1-2-13)3-4-18(16)38(36,37)15-10-17(19(34)32-21(12-31)5-6-21)33(11-15)20(35)22(7-8-22)24(28,29)30/h3-4,9,13,15,17,20,35H,1-2,5-8,10-11H2,(H,32,34). The highest BCUT2D eigenvalue weighted by atomic mass is 32.2. The molecule has 1 saturated heterocycles. The van der Waals surface area contributed by atoms with Gasteiger partial charge in [-0.2, -0.15) is 31.6 Å². The Bertz CT molecular complexity index is 1290. The van der Waals surface area contributed by atoms with Crippen LogP contribution in [0.15, 0.2) is 23.1 Å². The molecule has 38 heavy (non-hydrogen) atoms. The van der Waals surface area contributed by atoms with E-state index in [0.717, 1.165) is 17.0 Å². The number of nitrogens with zero attached hydrogens (tertiary/aromatic N) is 2. The number of amides is 1. The van der Waals surface area contributed by atoms with Crippen molar-refractivity contribution in [3.8, 4) is 6.07 Å². The van der Waals surface area contributed by atoms with Crippen molar-refractivity contribution in [3.05, 3.63) is 29.3 Å². The molecule has 1 aromatic rings. The fraction of sp³-hybridized carbons (Fsp3) is 0.667. The third-order valence-corrected chi connectivity index (χ3v) is 10.4. The number of carbonyl (C=O) groups is 1. The number of alkyl halides is 6. The second kappa shape index (κ2) is 8.56. The summed E-state index contributed by atoms with van der Waals surface area (Å²) in [5.41, 5.74) is -4.81. The van der Waals surface area contributed by atoms with Crippen LogP contribution >= 0.6 is 0 Å². The van der Waals surface area contributed by atoms with Gasteiger partial charge in [0.05, 0.1) is 27.8 Å². The first kappa shape index (κ1) is 27.2. The van der Waals surface area contributed by atoms with E-state index in [1.165, 1.54) is 6.07 Å². The van der Waals surface area contributed by atoms with Gasteiger partial charge in [0.15, 0.2) is 9.84 Å². The zero-order chi connectivity index (χ0) is 27.9. The van der Waals surface area contributed by atoms with E-state index >= 15 is 0 Å². The summed E-state index contributed by atoms with van der Waals surface area (Å²) in [5.74, 6) is -1.04. The van der Waals surface area contributed by atoms with Crippen LogP contribution in [0.5, 0.6) is 0 Å². The number of hydrogen-bond donors (Lipinski definition) is 2. The van der Waals surface area contributed by atoms with E-state index in [-0.39, 0.29) is 5.92 Å². The third-order valence-electron chi connectivity index (χ3n) is 8.19. The fourth-order valence-corrected chi connectivity index (χ4v) is 7.19. The van der Waals surface area contributed by atoms with Gasteiger partial charge in [-0.1, -0.05) is 6.07 Å². The summed E-state index contributed by atoms with van der Waals surface area (Å²) in [4.78, 5) is 12.8. The molecule has 3 aliphatic carbocycles. The van der Waals surface area contributed by atoms with Crippen molar-refractivity contribution in [2.24, 2.45) is 5.41 Å². The van der Waals surface area contributed by atoms with Crippen molar-refractivity contribution in [1.82, 2.24) is 10.2 Å². The van der Waals surface area contributed by atoms with Gasteiger partial charge >= 0.3 is 12.4 Å². The van der Waals surface area contributed by atoms with Gasteiger partial charge in [-0.25, -0.2) is 8.42 Å². The molecule has 4 fully saturated rings. The van der Waals surface area contributed by atoms with Gasteiger partial charge in [-0.15, -0.1) is 0 Å². The molecule has 3 atom stereocenters. The van der Waals surface area contributed by atoms with Crippen molar-refractivity contribution in [2.45, 2.75) is 91.2 Å². The predicted molar refractivity (Wildman–Crippen MR) is 119 cm³/mol. The Balaban J connectivity index is 1.49. The van der Waals surface area contributed by atoms with E-state index in [1.54, 1.807) is 0 Å². The van der Waals surface area contributed by atoms with Crippen molar-refractivity contribution < 1.29 is 44.7 Å². The van der Waals surface area contributed by atoms with Crippen LogP contribution in [-0.2, 0) is 20.8 Å². The number of benzene rings is 1. The van der Waals surface area contributed by atoms with Gasteiger partial charge in [0, 0.05) is 6.54 Å². The van der Waals surface area contributed by atoms with Crippen LogP contribution in [0.2, 0.25) is 0 Å². The number of sulfone groups is 1. The minimum atomic E-state index is -5.01. The van der Waals surface area contributed by atoms with Crippen LogP contribution in [0.3, 0.4) is 0 Å². The van der Waals surface area contributed by atoms with Crippen molar-refractivity contribution >= 4 is 15.7 Å². The summed E-state index contributed by atoms with van der Waals surface area (Å²) >= 11 is 0. The highest BCUT2D eigenvalue weighted by Crippen LogP contribution is 2.61. The van der Waals surface area contributed by atoms with E-state index < -0.39 is 92.8 Å². The van der Waals surface area contributed by atoms with Gasteiger partial charge in [0.25, 0.3) is 0 Å². The number of nitriles is 1. The minimum Gasteiger partial charge on any atom is -0.377 e. The smallest absolute Gasteiger partial charge is 0.377 e. The molecule has 0 bridgehead atoms. The lowest BCUT2D eigenvalue weighted by Gasteiger charge is -2.35. The Labute approximate surface area is 214 Å². The maximum atomic E-state index is 13.9. The average Bonchev–Trinajstić information content (AvgIpc) is 3.69. The van der Waals surface area contributed by atoms with Crippen molar-refractivity contribution in [1.29, 1.82) is 5.26 Å². The molecule has 1 aliphatic heterocycles. The Morgan fingerprint density at radius 1 is 1.13 bits per heavy atom. The molecule has 0 aromatic heterocycles. The first-order valence-corrected chi connectivity index (χ1v) is 13.8. The maximum absolute atomic E-state index is 13.9. The van der Waals surface area contributed by atoms with Crippen LogP contribution < -0.4 is 5.32 Å². The SMILES string of the molecule is N#CC1(NC(=O)C2CC(S(=O)(=O)c3ccc(C4CC4)cc3C(F)(F)F)CN2C(O)C2(C(F)(F)F)CC2)CC1. The zero-order valence-electron chi connectivity index (χ0n) is 19.9. The summed E-state index contributed by atoms with van der Waals surface area (Å²) < 4.78 is 110. The van der Waals surface area contributed by atoms with Crippen molar-refractivity contribution in [3.63, 3.8) is 0 Å². The Hall–Kier alpha value is -2.37. The van der Waals surface area contributed by atoms with Gasteiger partial charge in [-0.3, -0.25) is 9.69 Å². The molecular formula is C24H25F6N3O4S. The molecule has 1 amide bonds. The highest BCUT2D eigenvalue weighted by molar-refractivity contribution is 7.92. The molecule has 14 heteroatoms. The van der Waals surface area contributed by atoms with Crippen LogP contribution in [0, 0.1) is 16.7 Å². The normalized spacial score (nSPS) is 27.4. The average molecular weight is 566 g/mol. The maximum Gasteiger partial charge on any atom is 0.417 e. The van der Waals surface area contributed by atoms with E-state index in [2.05, 4.69) is 5.32 Å². The van der Waals surface area contributed by atoms with E-state index in [1.807, 2.05) is 6.07 Å². The minimum absolute atomic E-state index is 0.0926. The van der Waals surface area contributed by atoms with Crippen LogP contribution in [0.4, 0.5) is 26.3 Å². The molecule has 2 N–H and O–H groups in total. The lowest BCUT2D eigenvalue weighted by atomic mass is 10.0. The molecule has 5 rings (SSSR count). The number of likely N-dealkylation sites (tertiary alicyclic amines) is 1. The molecule has 0 radical (unpaired) electrons. The van der Waals surface area contributed by atoms with E-state index in [4.69, 9.17) is 0 Å². The summed E-state index contributed by atoms with van der Waals surface area (Å²) in [6.45, 7) is -0.777. The summed E-state index contributed by atoms with van der Waals surface area (Å²) in [6.07, 6.45) is -11.7. The summed E-state index contributed by atoms with van der Waals surface area (Å²) in [6, 6.07) is 3.27. The Morgan fingerprint density at radius 2 is 1.76 bits per heavy atom. The van der Waals surface area contributed by atoms with Gasteiger partial charge < -0.3 is 10.4 Å². The monoisotopic (exact) mass is 565 g/mol. The van der Waals surface area contributed by atoms with Gasteiger partial charge in [0.1, 0.15) is 17.2 Å². The fourth-order valence-electron chi connectivity index (χ4n) is 5.29. The van der Waals surface area contributed by atoms with Gasteiger partial charge in [0.2, 0.25) is 5.91 Å². The number of halogens is 6. The molecule has 4 aliphatic rings. The Kier molecular flexibility index (Phi) is 6.13. The third kappa shape index (κ3) is 4.56. The first-order valence-electron chi connectivity index (χ1n) is 12.2. The second-order valence-electron chi connectivity index (χ2n) is 10.9. The van der Waals surface area contributed by atoms with Gasteiger partial charge in [-0.05, 0) is 68.6 Å². The topological polar surface area (TPSA) is 110 Å². The molecule has 0 spiro atoms. The first-order chi connectivity index (χ1) is 17.5. The molecule has 3 saturated carbocycles. The van der Waals surface area contributed by atoms with Crippen LogP contribution in [0.1, 0.15) is 62.0 Å². The summed E-state index contributed by atoms with van der Waals surface area (Å²) in [5, 5.41) is 20.8. The predicted octanol–water partition coefficient (Wildman–Crippen LogP) is 3.63. The van der Waals surface area contributed by atoms with E-state index in [9.17, 15) is 49.9 Å². The number of hydrogen-bond acceptors (Lipinski definition) is 6. The number of aliphatic hydroxyl groups is 1. The molecule has 1 heterocycles. The lowest BCUT2D eigenvalue weighted by Crippen LogP contribution is -2.55. The van der Waals surface area contributed by atoms with Crippen LogP contribution in [0.25, 0.3) is 0 Å². The zero-order valence-corrected chi connectivity index (χ0v) is 20.8. The quantitative estimate of drug-likeness (QED) is 0.489. The van der Waals surface area contributed by atoms with E-state index in [0.29, 0.717) is 31.2 Å². The molecule has 1 aromatic carbocycles.